The maximum absolute atomic E-state index is 14.0. The van der Waals surface area contributed by atoms with Gasteiger partial charge in [-0.15, -0.1) is 0 Å². The fourth-order valence-corrected chi connectivity index (χ4v) is 3.66. The highest BCUT2D eigenvalue weighted by atomic mass is 35.5. The number of nitrogens with zero attached hydrogens (tertiary/aromatic N) is 3. The first-order valence-electron chi connectivity index (χ1n) is 9.85. The Kier molecular flexibility index (Phi) is 6.13. The van der Waals surface area contributed by atoms with Crippen molar-refractivity contribution in [1.29, 1.82) is 0 Å². The van der Waals surface area contributed by atoms with Crippen molar-refractivity contribution in [2.75, 3.05) is 23.3 Å². The lowest BCUT2D eigenvalue weighted by Gasteiger charge is -2.36. The van der Waals surface area contributed by atoms with Gasteiger partial charge in [0.2, 0.25) is 0 Å². The number of carbonyl (C=O) groups excluding carboxylic acids is 2. The number of hydrogen-bond acceptors (Lipinski definition) is 3. The molecule has 158 valence electrons. The summed E-state index contributed by atoms with van der Waals surface area (Å²) in [6, 6.07) is 16.4. The average Bonchev–Trinajstić information content (AvgIpc) is 2.78. The van der Waals surface area contributed by atoms with Gasteiger partial charge < -0.3 is 10.2 Å². The van der Waals surface area contributed by atoms with Crippen molar-refractivity contribution in [2.24, 2.45) is 0 Å². The number of hydrogen-bond donors (Lipinski definition) is 1. The lowest BCUT2D eigenvalue weighted by molar-refractivity contribution is 0.102. The van der Waals surface area contributed by atoms with Crippen LogP contribution in [0.4, 0.5) is 20.6 Å². The third-order valence-corrected chi connectivity index (χ3v) is 5.36. The molecule has 0 atom stereocenters. The van der Waals surface area contributed by atoms with Gasteiger partial charge in [0.1, 0.15) is 5.82 Å². The Morgan fingerprint density at radius 3 is 2.74 bits per heavy atom. The molecule has 4 rings (SSSR count). The molecule has 31 heavy (non-hydrogen) atoms. The Hall–Kier alpha value is -3.45. The fraction of sp³-hybridized carbons (Fsp3) is 0.174. The van der Waals surface area contributed by atoms with Crippen molar-refractivity contribution >= 4 is 34.9 Å². The van der Waals surface area contributed by atoms with E-state index in [1.165, 1.54) is 12.3 Å². The SMILES string of the molecule is O=C(Nc1cccnc1Cl)c1cccc(N2CCCN(Cc3ccccc3F)C2=O)c1. The third-order valence-electron chi connectivity index (χ3n) is 5.06. The van der Waals surface area contributed by atoms with Crippen LogP contribution in [0.3, 0.4) is 0 Å². The molecule has 1 saturated heterocycles. The van der Waals surface area contributed by atoms with Gasteiger partial charge in [-0.2, -0.15) is 0 Å². The van der Waals surface area contributed by atoms with Crippen LogP contribution in [-0.4, -0.2) is 34.9 Å². The van der Waals surface area contributed by atoms with Crippen LogP contribution in [0.2, 0.25) is 5.15 Å². The smallest absolute Gasteiger partial charge is 0.320 e. The summed E-state index contributed by atoms with van der Waals surface area (Å²) in [5.41, 5.74) is 1.87. The van der Waals surface area contributed by atoms with Gasteiger partial charge in [0, 0.05) is 36.1 Å². The van der Waals surface area contributed by atoms with Gasteiger partial charge in [-0.1, -0.05) is 35.9 Å². The molecule has 1 aromatic heterocycles. The Balaban J connectivity index is 1.51. The molecule has 0 unspecified atom stereocenters. The second kappa shape index (κ2) is 9.14. The largest absolute Gasteiger partial charge is 0.324 e. The van der Waals surface area contributed by atoms with Crippen molar-refractivity contribution in [3.05, 3.63) is 89.0 Å². The summed E-state index contributed by atoms with van der Waals surface area (Å²) >= 11 is 6.01. The molecule has 6 nitrogen and oxygen atoms in total. The molecule has 0 radical (unpaired) electrons. The summed E-state index contributed by atoms with van der Waals surface area (Å²) in [5.74, 6) is -0.690. The van der Waals surface area contributed by atoms with Crippen LogP contribution in [-0.2, 0) is 6.54 Å². The number of anilines is 2. The zero-order valence-electron chi connectivity index (χ0n) is 16.6. The molecular weight excluding hydrogens is 419 g/mol. The Labute approximate surface area is 184 Å². The second-order valence-electron chi connectivity index (χ2n) is 7.15. The number of rotatable bonds is 5. The molecule has 2 aromatic carbocycles. The second-order valence-corrected chi connectivity index (χ2v) is 7.50. The van der Waals surface area contributed by atoms with Crippen LogP contribution >= 0.6 is 11.6 Å². The zero-order valence-corrected chi connectivity index (χ0v) is 17.3. The molecule has 3 amide bonds. The lowest BCUT2D eigenvalue weighted by Crippen LogP contribution is -2.49. The first-order chi connectivity index (χ1) is 15.0. The summed E-state index contributed by atoms with van der Waals surface area (Å²) < 4.78 is 14.0. The Morgan fingerprint density at radius 2 is 1.94 bits per heavy atom. The normalized spacial score (nSPS) is 13.9. The van der Waals surface area contributed by atoms with E-state index in [0.29, 0.717) is 35.6 Å². The Morgan fingerprint density at radius 1 is 1.10 bits per heavy atom. The summed E-state index contributed by atoms with van der Waals surface area (Å²) in [4.78, 5) is 32.9. The molecular formula is C23H20ClFN4O2. The molecule has 1 aliphatic rings. The molecule has 0 bridgehead atoms. The molecule has 1 N–H and O–H groups in total. The number of amides is 3. The maximum atomic E-state index is 14.0. The highest BCUT2D eigenvalue weighted by molar-refractivity contribution is 6.32. The van der Waals surface area contributed by atoms with E-state index in [4.69, 9.17) is 11.6 Å². The van der Waals surface area contributed by atoms with E-state index in [-0.39, 0.29) is 29.5 Å². The van der Waals surface area contributed by atoms with E-state index in [9.17, 15) is 14.0 Å². The monoisotopic (exact) mass is 438 g/mol. The lowest BCUT2D eigenvalue weighted by atomic mass is 10.1. The topological polar surface area (TPSA) is 65.5 Å². The van der Waals surface area contributed by atoms with Crippen molar-refractivity contribution in [1.82, 2.24) is 9.88 Å². The fourth-order valence-electron chi connectivity index (χ4n) is 3.49. The van der Waals surface area contributed by atoms with Crippen LogP contribution in [0, 0.1) is 5.82 Å². The number of halogens is 2. The molecule has 3 aromatic rings. The Bertz CT molecular complexity index is 1120. The van der Waals surface area contributed by atoms with Crippen molar-refractivity contribution in [3.63, 3.8) is 0 Å². The van der Waals surface area contributed by atoms with Crippen LogP contribution in [0.1, 0.15) is 22.3 Å². The summed E-state index contributed by atoms with van der Waals surface area (Å²) in [6.45, 7) is 1.26. The van der Waals surface area contributed by atoms with Crippen LogP contribution < -0.4 is 10.2 Å². The van der Waals surface area contributed by atoms with E-state index < -0.39 is 0 Å². The average molecular weight is 439 g/mol. The minimum atomic E-state index is -0.357. The van der Waals surface area contributed by atoms with E-state index in [1.54, 1.807) is 64.4 Å². The molecule has 0 aliphatic carbocycles. The number of carbonyl (C=O) groups is 2. The van der Waals surface area contributed by atoms with Crippen LogP contribution in [0.25, 0.3) is 0 Å². The van der Waals surface area contributed by atoms with Gasteiger partial charge >= 0.3 is 6.03 Å². The third kappa shape index (κ3) is 4.67. The molecule has 0 saturated carbocycles. The van der Waals surface area contributed by atoms with Gasteiger partial charge in [-0.25, -0.2) is 14.2 Å². The maximum Gasteiger partial charge on any atom is 0.324 e. The number of aromatic nitrogens is 1. The molecule has 1 fully saturated rings. The van der Waals surface area contributed by atoms with Crippen molar-refractivity contribution in [2.45, 2.75) is 13.0 Å². The number of nitrogens with one attached hydrogen (secondary N) is 1. The van der Waals surface area contributed by atoms with Gasteiger partial charge in [0.25, 0.3) is 5.91 Å². The van der Waals surface area contributed by atoms with E-state index >= 15 is 0 Å². The van der Waals surface area contributed by atoms with Gasteiger partial charge in [-0.05, 0) is 42.8 Å². The predicted octanol–water partition coefficient (Wildman–Crippen LogP) is 4.96. The number of benzene rings is 2. The van der Waals surface area contributed by atoms with Crippen molar-refractivity contribution in [3.8, 4) is 0 Å². The van der Waals surface area contributed by atoms with E-state index in [2.05, 4.69) is 10.3 Å². The number of pyridine rings is 1. The summed E-state index contributed by atoms with van der Waals surface area (Å²) in [6.07, 6.45) is 2.27. The summed E-state index contributed by atoms with van der Waals surface area (Å²) in [7, 11) is 0. The van der Waals surface area contributed by atoms with Crippen molar-refractivity contribution < 1.29 is 14.0 Å². The highest BCUT2D eigenvalue weighted by Crippen LogP contribution is 2.24. The van der Waals surface area contributed by atoms with E-state index in [0.717, 1.165) is 6.42 Å². The summed E-state index contributed by atoms with van der Waals surface area (Å²) in [5, 5.41) is 2.92. The number of urea groups is 1. The van der Waals surface area contributed by atoms with Gasteiger partial charge in [0.05, 0.1) is 12.2 Å². The predicted molar refractivity (Wildman–Crippen MR) is 118 cm³/mol. The zero-order chi connectivity index (χ0) is 21.8. The molecule has 1 aliphatic heterocycles. The first kappa shape index (κ1) is 20.8. The molecule has 2 heterocycles. The van der Waals surface area contributed by atoms with Gasteiger partial charge in [0.15, 0.2) is 5.15 Å². The molecule has 8 heteroatoms. The van der Waals surface area contributed by atoms with Crippen LogP contribution in [0.15, 0.2) is 66.9 Å². The quantitative estimate of drug-likeness (QED) is 0.572. The van der Waals surface area contributed by atoms with Crippen LogP contribution in [0.5, 0.6) is 0 Å². The van der Waals surface area contributed by atoms with Gasteiger partial charge in [-0.3, -0.25) is 9.69 Å². The highest BCUT2D eigenvalue weighted by Gasteiger charge is 2.27. The standard InChI is InChI=1S/C23H20ClFN4O2/c24-21-20(10-4-11-26-21)27-22(30)16-7-3-8-18(14-16)29-13-5-12-28(23(29)31)15-17-6-1-2-9-19(17)25/h1-4,6-11,14H,5,12-13,15H2,(H,27,30). The minimum Gasteiger partial charge on any atom is -0.320 e. The first-order valence-corrected chi connectivity index (χ1v) is 10.2. The molecule has 0 spiro atoms. The minimum absolute atomic E-state index is 0.196. The van der Waals surface area contributed by atoms with E-state index in [1.807, 2.05) is 0 Å².